The lowest BCUT2D eigenvalue weighted by Crippen LogP contribution is -2.38. The van der Waals surface area contributed by atoms with Gasteiger partial charge in [-0.15, -0.1) is 0 Å². The zero-order chi connectivity index (χ0) is 23.1. The van der Waals surface area contributed by atoms with Gasteiger partial charge in [-0.3, -0.25) is 9.10 Å². The smallest absolute Gasteiger partial charge is 0.264 e. The number of benzene rings is 3. The molecule has 0 radical (unpaired) electrons. The molecule has 0 saturated heterocycles. The minimum Gasteiger partial charge on any atom is -0.489 e. The summed E-state index contributed by atoms with van der Waals surface area (Å²) >= 11 is 0. The number of carbonyl (C=O) groups excluding carboxylic acids is 1. The van der Waals surface area contributed by atoms with Crippen LogP contribution in [0.1, 0.15) is 11.1 Å². The molecule has 0 heterocycles. The molecule has 6 nitrogen and oxygen atoms in total. The van der Waals surface area contributed by atoms with Crippen molar-refractivity contribution in [1.82, 2.24) is 0 Å². The molecule has 3 aromatic rings. The Balaban J connectivity index is 1.91. The van der Waals surface area contributed by atoms with Crippen LogP contribution < -0.4 is 14.4 Å². The normalized spacial score (nSPS) is 10.9. The molecule has 0 aromatic heterocycles. The lowest BCUT2D eigenvalue weighted by atomic mass is 10.1. The summed E-state index contributed by atoms with van der Waals surface area (Å²) in [7, 11) is -3.96. The second kappa shape index (κ2) is 10.2. The van der Waals surface area contributed by atoms with E-state index in [2.05, 4.69) is 11.9 Å². The Morgan fingerprint density at radius 1 is 1.03 bits per heavy atom. The average molecular weight is 451 g/mol. The number of aryl methyl sites for hydroxylation is 2. The zero-order valence-corrected chi connectivity index (χ0v) is 18.9. The molecule has 0 aliphatic rings. The molecule has 0 unspecified atom stereocenters. The molecule has 7 heteroatoms. The number of carbonyl (C=O) groups is 1. The van der Waals surface area contributed by atoms with E-state index in [9.17, 15) is 13.2 Å². The summed E-state index contributed by atoms with van der Waals surface area (Å²) in [5.41, 5.74) is 2.73. The van der Waals surface area contributed by atoms with Crippen molar-refractivity contribution in [2.75, 3.05) is 22.8 Å². The van der Waals surface area contributed by atoms with Gasteiger partial charge in [-0.25, -0.2) is 8.42 Å². The second-order valence-electron chi connectivity index (χ2n) is 7.29. The SMILES string of the molecule is C=CCOc1cccc(NC(=O)CN(c2ccc(C)cc2C)S(=O)(=O)c2ccccc2)c1. The van der Waals surface area contributed by atoms with Gasteiger partial charge in [0.2, 0.25) is 5.91 Å². The van der Waals surface area contributed by atoms with Gasteiger partial charge in [0.1, 0.15) is 18.9 Å². The van der Waals surface area contributed by atoms with Crippen molar-refractivity contribution in [1.29, 1.82) is 0 Å². The highest BCUT2D eigenvalue weighted by Crippen LogP contribution is 2.28. The first-order chi connectivity index (χ1) is 15.3. The average Bonchev–Trinajstić information content (AvgIpc) is 2.77. The molecule has 1 N–H and O–H groups in total. The largest absolute Gasteiger partial charge is 0.489 e. The predicted octanol–water partition coefficient (Wildman–Crippen LogP) is 4.70. The van der Waals surface area contributed by atoms with E-state index in [1.54, 1.807) is 54.6 Å². The molecule has 0 fully saturated rings. The Hall–Kier alpha value is -3.58. The van der Waals surface area contributed by atoms with Crippen molar-refractivity contribution >= 4 is 27.3 Å². The fourth-order valence-corrected chi connectivity index (χ4v) is 4.76. The number of nitrogens with one attached hydrogen (secondary N) is 1. The van der Waals surface area contributed by atoms with Crippen LogP contribution in [0, 0.1) is 13.8 Å². The lowest BCUT2D eigenvalue weighted by Gasteiger charge is -2.26. The van der Waals surface area contributed by atoms with Gasteiger partial charge in [0.25, 0.3) is 10.0 Å². The summed E-state index contributed by atoms with van der Waals surface area (Å²) < 4.78 is 33.5. The molecule has 1 amide bonds. The highest BCUT2D eigenvalue weighted by Gasteiger charge is 2.28. The third kappa shape index (κ3) is 5.56. The van der Waals surface area contributed by atoms with Crippen molar-refractivity contribution in [3.63, 3.8) is 0 Å². The fourth-order valence-electron chi connectivity index (χ4n) is 3.25. The van der Waals surface area contributed by atoms with Crippen molar-refractivity contribution in [2.24, 2.45) is 0 Å². The highest BCUT2D eigenvalue weighted by molar-refractivity contribution is 7.92. The van der Waals surface area contributed by atoms with Gasteiger partial charge in [0, 0.05) is 11.8 Å². The molecular weight excluding hydrogens is 424 g/mol. The van der Waals surface area contributed by atoms with Gasteiger partial charge in [0.05, 0.1) is 10.6 Å². The molecule has 3 aromatic carbocycles. The maximum absolute atomic E-state index is 13.4. The van der Waals surface area contributed by atoms with Gasteiger partial charge in [-0.2, -0.15) is 0 Å². The Morgan fingerprint density at radius 3 is 2.47 bits per heavy atom. The van der Waals surface area contributed by atoms with Gasteiger partial charge in [-0.1, -0.05) is 54.6 Å². The predicted molar refractivity (Wildman–Crippen MR) is 128 cm³/mol. The number of hydrogen-bond donors (Lipinski definition) is 1. The van der Waals surface area contributed by atoms with E-state index in [0.29, 0.717) is 23.7 Å². The van der Waals surface area contributed by atoms with Crippen LogP contribution in [0.4, 0.5) is 11.4 Å². The summed E-state index contributed by atoms with van der Waals surface area (Å²) in [6.45, 7) is 7.33. The molecule has 0 aliphatic heterocycles. The zero-order valence-electron chi connectivity index (χ0n) is 18.1. The van der Waals surface area contributed by atoms with E-state index in [0.717, 1.165) is 15.4 Å². The Morgan fingerprint density at radius 2 is 1.78 bits per heavy atom. The maximum Gasteiger partial charge on any atom is 0.264 e. The van der Waals surface area contributed by atoms with E-state index >= 15 is 0 Å². The Kier molecular flexibility index (Phi) is 7.33. The number of amides is 1. The number of rotatable bonds is 9. The van der Waals surface area contributed by atoms with Crippen molar-refractivity contribution in [3.05, 3.63) is 96.6 Å². The second-order valence-corrected chi connectivity index (χ2v) is 9.15. The minimum atomic E-state index is -3.96. The van der Waals surface area contributed by atoms with E-state index in [4.69, 9.17) is 4.74 Å². The van der Waals surface area contributed by atoms with Crippen LogP contribution in [-0.4, -0.2) is 27.5 Å². The first-order valence-corrected chi connectivity index (χ1v) is 11.5. The molecule has 0 bridgehead atoms. The molecule has 0 aliphatic carbocycles. The summed E-state index contributed by atoms with van der Waals surface area (Å²) in [6.07, 6.45) is 1.63. The van der Waals surface area contributed by atoms with Crippen LogP contribution in [0.2, 0.25) is 0 Å². The Labute approximate surface area is 189 Å². The molecule has 0 saturated carbocycles. The summed E-state index contributed by atoms with van der Waals surface area (Å²) in [6, 6.07) is 20.4. The van der Waals surface area contributed by atoms with Crippen LogP contribution >= 0.6 is 0 Å². The van der Waals surface area contributed by atoms with Crippen molar-refractivity contribution < 1.29 is 17.9 Å². The number of hydrogen-bond acceptors (Lipinski definition) is 4. The molecule has 32 heavy (non-hydrogen) atoms. The van der Waals surface area contributed by atoms with Crippen LogP contribution in [-0.2, 0) is 14.8 Å². The van der Waals surface area contributed by atoms with Crippen LogP contribution in [0.25, 0.3) is 0 Å². The van der Waals surface area contributed by atoms with E-state index in [-0.39, 0.29) is 11.4 Å². The lowest BCUT2D eigenvalue weighted by molar-refractivity contribution is -0.114. The maximum atomic E-state index is 13.4. The summed E-state index contributed by atoms with van der Waals surface area (Å²) in [5, 5.41) is 2.76. The first-order valence-electron chi connectivity index (χ1n) is 10.1. The minimum absolute atomic E-state index is 0.118. The van der Waals surface area contributed by atoms with Crippen LogP contribution in [0.15, 0.2) is 90.3 Å². The number of sulfonamides is 1. The van der Waals surface area contributed by atoms with E-state index in [1.165, 1.54) is 12.1 Å². The van der Waals surface area contributed by atoms with Gasteiger partial charge in [-0.05, 0) is 49.7 Å². The third-order valence-corrected chi connectivity index (χ3v) is 6.50. The first kappa shape index (κ1) is 23.1. The third-order valence-electron chi connectivity index (χ3n) is 4.73. The van der Waals surface area contributed by atoms with Crippen LogP contribution in [0.3, 0.4) is 0 Å². The quantitative estimate of drug-likeness (QED) is 0.480. The molecule has 0 spiro atoms. The van der Waals surface area contributed by atoms with Crippen LogP contribution in [0.5, 0.6) is 5.75 Å². The van der Waals surface area contributed by atoms with E-state index in [1.807, 2.05) is 26.0 Å². The monoisotopic (exact) mass is 450 g/mol. The van der Waals surface area contributed by atoms with Gasteiger partial charge < -0.3 is 10.1 Å². The molecular formula is C25H26N2O4S. The van der Waals surface area contributed by atoms with Gasteiger partial charge >= 0.3 is 0 Å². The molecule has 0 atom stereocenters. The number of ether oxygens (including phenoxy) is 1. The van der Waals surface area contributed by atoms with Gasteiger partial charge in [0.15, 0.2) is 0 Å². The highest BCUT2D eigenvalue weighted by atomic mass is 32.2. The van der Waals surface area contributed by atoms with Crippen molar-refractivity contribution in [3.8, 4) is 5.75 Å². The molecule has 166 valence electrons. The molecule has 3 rings (SSSR count). The topological polar surface area (TPSA) is 75.7 Å². The standard InChI is InChI=1S/C25H26N2O4S/c1-4-15-31-22-10-8-9-21(17-22)26-25(28)18-27(24-14-13-19(2)16-20(24)3)32(29,30)23-11-6-5-7-12-23/h4-14,16-17H,1,15,18H2,2-3H3,(H,26,28). The van der Waals surface area contributed by atoms with Crippen molar-refractivity contribution in [2.45, 2.75) is 18.7 Å². The number of anilines is 2. The fraction of sp³-hybridized carbons (Fsp3) is 0.160. The number of nitrogens with zero attached hydrogens (tertiary/aromatic N) is 1. The Bertz CT molecular complexity index is 1210. The van der Waals surface area contributed by atoms with E-state index < -0.39 is 15.9 Å². The summed E-state index contributed by atoms with van der Waals surface area (Å²) in [5.74, 6) is 0.108. The summed E-state index contributed by atoms with van der Waals surface area (Å²) in [4.78, 5) is 13.0.